The maximum absolute atomic E-state index is 12.5. The van der Waals surface area contributed by atoms with E-state index in [1.54, 1.807) is 4.90 Å². The third-order valence-electron chi connectivity index (χ3n) is 4.04. The molecule has 0 N–H and O–H groups in total. The predicted octanol–water partition coefficient (Wildman–Crippen LogP) is 4.74. The minimum atomic E-state index is 0.0621. The van der Waals surface area contributed by atoms with Crippen LogP contribution < -0.4 is 0 Å². The van der Waals surface area contributed by atoms with Gasteiger partial charge in [-0.15, -0.1) is 11.3 Å². The van der Waals surface area contributed by atoms with E-state index in [1.807, 2.05) is 50.2 Å². The van der Waals surface area contributed by atoms with Gasteiger partial charge in [-0.2, -0.15) is 4.98 Å². The molecule has 26 heavy (non-hydrogen) atoms. The van der Waals surface area contributed by atoms with Crippen LogP contribution in [0.3, 0.4) is 0 Å². The molecule has 5 nitrogen and oxygen atoms in total. The molecule has 1 amide bonds. The van der Waals surface area contributed by atoms with Crippen molar-refractivity contribution < 1.29 is 9.32 Å². The number of carbonyl (C=O) groups is 1. The number of benzene rings is 1. The summed E-state index contributed by atoms with van der Waals surface area (Å²) >= 11 is 7.45. The summed E-state index contributed by atoms with van der Waals surface area (Å²) in [5.74, 6) is 1.09. The standard InChI is InChI=1S/C19H20ClN3O2S/c1-3-23(12-15-8-9-16(20)26-15)18(24)11-10-17-21-19(22-25-17)14-6-4-13(2)5-7-14/h4-9H,3,10-12H2,1-2H3. The molecule has 2 aromatic heterocycles. The Balaban J connectivity index is 1.57. The Bertz CT molecular complexity index is 873. The molecule has 0 aliphatic rings. The maximum atomic E-state index is 12.5. The highest BCUT2D eigenvalue weighted by Gasteiger charge is 2.16. The lowest BCUT2D eigenvalue weighted by Crippen LogP contribution is -2.30. The van der Waals surface area contributed by atoms with E-state index in [0.29, 0.717) is 37.6 Å². The number of nitrogens with zero attached hydrogens (tertiary/aromatic N) is 3. The summed E-state index contributed by atoms with van der Waals surface area (Å²) < 4.78 is 6.02. The average Bonchev–Trinajstić information content (AvgIpc) is 3.27. The Labute approximate surface area is 161 Å². The first-order valence-corrected chi connectivity index (χ1v) is 9.66. The second kappa shape index (κ2) is 8.47. The molecule has 2 heterocycles. The maximum Gasteiger partial charge on any atom is 0.227 e. The van der Waals surface area contributed by atoms with Crippen molar-refractivity contribution in [3.8, 4) is 11.4 Å². The van der Waals surface area contributed by atoms with Crippen molar-refractivity contribution in [1.29, 1.82) is 0 Å². The Morgan fingerprint density at radius 3 is 2.65 bits per heavy atom. The van der Waals surface area contributed by atoms with Crippen LogP contribution >= 0.6 is 22.9 Å². The van der Waals surface area contributed by atoms with Gasteiger partial charge in [0, 0.05) is 29.8 Å². The van der Waals surface area contributed by atoms with E-state index >= 15 is 0 Å². The van der Waals surface area contributed by atoms with Gasteiger partial charge in [0.2, 0.25) is 17.6 Å². The number of hydrogen-bond acceptors (Lipinski definition) is 5. The Hall–Kier alpha value is -2.18. The normalized spacial score (nSPS) is 10.9. The molecule has 0 saturated heterocycles. The van der Waals surface area contributed by atoms with Crippen LogP contribution in [-0.4, -0.2) is 27.5 Å². The van der Waals surface area contributed by atoms with E-state index in [1.165, 1.54) is 16.9 Å². The van der Waals surface area contributed by atoms with Crippen molar-refractivity contribution in [3.63, 3.8) is 0 Å². The number of hydrogen-bond donors (Lipinski definition) is 0. The van der Waals surface area contributed by atoms with Crippen LogP contribution in [0, 0.1) is 6.92 Å². The first-order chi connectivity index (χ1) is 12.5. The number of halogens is 1. The molecule has 3 rings (SSSR count). The van der Waals surface area contributed by atoms with Gasteiger partial charge in [0.25, 0.3) is 0 Å². The predicted molar refractivity (Wildman–Crippen MR) is 103 cm³/mol. The highest BCUT2D eigenvalue weighted by Crippen LogP contribution is 2.23. The molecular formula is C19H20ClN3O2S. The summed E-state index contributed by atoms with van der Waals surface area (Å²) in [7, 11) is 0. The zero-order valence-electron chi connectivity index (χ0n) is 14.7. The van der Waals surface area contributed by atoms with E-state index in [9.17, 15) is 4.79 Å². The summed E-state index contributed by atoms with van der Waals surface area (Å²) in [6.07, 6.45) is 0.766. The molecular weight excluding hydrogens is 370 g/mol. The zero-order valence-corrected chi connectivity index (χ0v) is 16.3. The Morgan fingerprint density at radius 1 is 1.23 bits per heavy atom. The van der Waals surface area contributed by atoms with Gasteiger partial charge < -0.3 is 9.42 Å². The number of thiophene rings is 1. The number of aryl methyl sites for hydroxylation is 2. The largest absolute Gasteiger partial charge is 0.339 e. The molecule has 7 heteroatoms. The van der Waals surface area contributed by atoms with Crippen molar-refractivity contribution >= 4 is 28.8 Å². The van der Waals surface area contributed by atoms with Crippen LogP contribution in [0.1, 0.15) is 29.7 Å². The highest BCUT2D eigenvalue weighted by molar-refractivity contribution is 7.16. The molecule has 0 aliphatic heterocycles. The minimum Gasteiger partial charge on any atom is -0.339 e. The number of carbonyl (C=O) groups excluding carboxylic acids is 1. The molecule has 0 bridgehead atoms. The lowest BCUT2D eigenvalue weighted by Gasteiger charge is -2.19. The van der Waals surface area contributed by atoms with E-state index in [0.717, 1.165) is 14.8 Å². The Morgan fingerprint density at radius 2 is 2.00 bits per heavy atom. The van der Waals surface area contributed by atoms with E-state index in [-0.39, 0.29) is 5.91 Å². The molecule has 0 fully saturated rings. The first-order valence-electron chi connectivity index (χ1n) is 8.46. The summed E-state index contributed by atoms with van der Waals surface area (Å²) in [6.45, 7) is 5.22. The van der Waals surface area contributed by atoms with Crippen molar-refractivity contribution in [2.45, 2.75) is 33.2 Å². The number of amides is 1. The quantitative estimate of drug-likeness (QED) is 0.585. The molecule has 0 atom stereocenters. The molecule has 136 valence electrons. The van der Waals surface area contributed by atoms with E-state index in [4.69, 9.17) is 16.1 Å². The van der Waals surface area contributed by atoms with Gasteiger partial charge in [-0.1, -0.05) is 46.6 Å². The van der Waals surface area contributed by atoms with E-state index < -0.39 is 0 Å². The van der Waals surface area contributed by atoms with Crippen LogP contribution in [0.4, 0.5) is 0 Å². The SMILES string of the molecule is CCN(Cc1ccc(Cl)s1)C(=O)CCc1nc(-c2ccc(C)cc2)no1. The van der Waals surface area contributed by atoms with Gasteiger partial charge in [-0.3, -0.25) is 4.79 Å². The van der Waals surface area contributed by atoms with Crippen LogP contribution in [0.25, 0.3) is 11.4 Å². The van der Waals surface area contributed by atoms with Crippen molar-refractivity contribution in [2.24, 2.45) is 0 Å². The minimum absolute atomic E-state index is 0.0621. The smallest absolute Gasteiger partial charge is 0.227 e. The van der Waals surface area contributed by atoms with Crippen molar-refractivity contribution in [3.05, 3.63) is 57.1 Å². The molecule has 0 aliphatic carbocycles. The third kappa shape index (κ3) is 4.71. The lowest BCUT2D eigenvalue weighted by atomic mass is 10.1. The van der Waals surface area contributed by atoms with Crippen LogP contribution in [0.15, 0.2) is 40.9 Å². The molecule has 1 aromatic carbocycles. The molecule has 0 saturated carbocycles. The number of aromatic nitrogens is 2. The van der Waals surface area contributed by atoms with Crippen LogP contribution in [0.2, 0.25) is 4.34 Å². The summed E-state index contributed by atoms with van der Waals surface area (Å²) in [4.78, 5) is 19.8. The van der Waals surface area contributed by atoms with Crippen molar-refractivity contribution in [2.75, 3.05) is 6.54 Å². The second-order valence-corrected chi connectivity index (χ2v) is 7.79. The third-order valence-corrected chi connectivity index (χ3v) is 5.26. The average molecular weight is 390 g/mol. The molecule has 0 spiro atoms. The zero-order chi connectivity index (χ0) is 18.5. The number of rotatable bonds is 7. The summed E-state index contributed by atoms with van der Waals surface area (Å²) in [5, 5.41) is 4.01. The summed E-state index contributed by atoms with van der Waals surface area (Å²) in [5.41, 5.74) is 2.08. The van der Waals surface area contributed by atoms with Gasteiger partial charge >= 0.3 is 0 Å². The first kappa shape index (κ1) is 18.6. The molecule has 0 unspecified atom stereocenters. The van der Waals surface area contributed by atoms with Gasteiger partial charge in [0.15, 0.2) is 0 Å². The summed E-state index contributed by atoms with van der Waals surface area (Å²) in [6, 6.07) is 11.7. The van der Waals surface area contributed by atoms with E-state index in [2.05, 4.69) is 10.1 Å². The van der Waals surface area contributed by atoms with Crippen molar-refractivity contribution in [1.82, 2.24) is 15.0 Å². The lowest BCUT2D eigenvalue weighted by molar-refractivity contribution is -0.131. The van der Waals surface area contributed by atoms with Gasteiger partial charge in [-0.05, 0) is 26.0 Å². The van der Waals surface area contributed by atoms with Gasteiger partial charge in [0.1, 0.15) is 0 Å². The monoisotopic (exact) mass is 389 g/mol. The van der Waals surface area contributed by atoms with Crippen LogP contribution in [-0.2, 0) is 17.8 Å². The fraction of sp³-hybridized carbons (Fsp3) is 0.316. The van der Waals surface area contributed by atoms with Gasteiger partial charge in [-0.25, -0.2) is 0 Å². The second-order valence-electron chi connectivity index (χ2n) is 5.99. The Kier molecular flexibility index (Phi) is 6.06. The van der Waals surface area contributed by atoms with Crippen LogP contribution in [0.5, 0.6) is 0 Å². The fourth-order valence-electron chi connectivity index (χ4n) is 2.55. The fourth-order valence-corrected chi connectivity index (χ4v) is 3.65. The molecule has 3 aromatic rings. The topological polar surface area (TPSA) is 59.2 Å². The van der Waals surface area contributed by atoms with Gasteiger partial charge in [0.05, 0.1) is 10.9 Å². The highest BCUT2D eigenvalue weighted by atomic mass is 35.5. The molecule has 0 radical (unpaired) electrons.